The van der Waals surface area contributed by atoms with E-state index in [0.717, 1.165) is 52.3 Å². The largest absolute Gasteiger partial charge is 0.354 e. The second kappa shape index (κ2) is 9.24. The number of aromatic nitrogens is 3. The molecule has 1 amide bonds. The van der Waals surface area contributed by atoms with Crippen LogP contribution in [-0.4, -0.2) is 40.0 Å². The van der Waals surface area contributed by atoms with Crippen molar-refractivity contribution >= 4 is 34.0 Å². The number of nitrogens with zero attached hydrogens (tertiary/aromatic N) is 4. The van der Waals surface area contributed by atoms with Crippen LogP contribution in [0.2, 0.25) is 0 Å². The van der Waals surface area contributed by atoms with Gasteiger partial charge in [-0.25, -0.2) is 15.0 Å². The van der Waals surface area contributed by atoms with E-state index in [-0.39, 0.29) is 17.4 Å². The van der Waals surface area contributed by atoms with E-state index in [1.165, 1.54) is 0 Å². The zero-order valence-corrected chi connectivity index (χ0v) is 19.9. The van der Waals surface area contributed by atoms with Gasteiger partial charge in [0.1, 0.15) is 17.7 Å². The lowest BCUT2D eigenvalue weighted by Gasteiger charge is -2.25. The first-order valence-corrected chi connectivity index (χ1v) is 11.8. The highest BCUT2D eigenvalue weighted by atomic mass is 32.1. The number of pyridine rings is 2. The van der Waals surface area contributed by atoms with Crippen LogP contribution in [0.25, 0.3) is 10.6 Å². The van der Waals surface area contributed by atoms with E-state index in [1.54, 1.807) is 17.5 Å². The summed E-state index contributed by atoms with van der Waals surface area (Å²) in [5.74, 6) is 1.58. The molecule has 0 spiro atoms. The number of nitrogens with one attached hydrogen (secondary N) is 2. The molecule has 0 radical (unpaired) electrons. The average Bonchev–Trinajstić information content (AvgIpc) is 3.41. The number of aryl methyl sites for hydroxylation is 1. The lowest BCUT2D eigenvalue weighted by atomic mass is 9.97. The van der Waals surface area contributed by atoms with Crippen molar-refractivity contribution in [3.05, 3.63) is 48.3 Å². The molecule has 0 bridgehead atoms. The molecular formula is C24H30N6OS. The Morgan fingerprint density at radius 1 is 1.22 bits per heavy atom. The van der Waals surface area contributed by atoms with E-state index in [0.29, 0.717) is 6.54 Å². The Bertz CT molecular complexity index is 1090. The zero-order chi connectivity index (χ0) is 22.7. The Kier molecular flexibility index (Phi) is 6.41. The van der Waals surface area contributed by atoms with Crippen molar-refractivity contribution in [2.24, 2.45) is 5.41 Å². The molecule has 168 valence electrons. The summed E-state index contributed by atoms with van der Waals surface area (Å²) in [6.07, 6.45) is 5.47. The summed E-state index contributed by atoms with van der Waals surface area (Å²) in [6.45, 7) is 9.91. The summed E-state index contributed by atoms with van der Waals surface area (Å²) in [6, 6.07) is 9.65. The van der Waals surface area contributed by atoms with Crippen LogP contribution in [-0.2, 0) is 4.79 Å². The molecule has 1 fully saturated rings. The van der Waals surface area contributed by atoms with Gasteiger partial charge in [-0.3, -0.25) is 4.79 Å². The maximum atomic E-state index is 12.8. The van der Waals surface area contributed by atoms with Gasteiger partial charge in [-0.1, -0.05) is 38.2 Å². The highest BCUT2D eigenvalue weighted by Crippen LogP contribution is 2.34. The van der Waals surface area contributed by atoms with Gasteiger partial charge in [0.05, 0.1) is 10.6 Å². The summed E-state index contributed by atoms with van der Waals surface area (Å²) >= 11 is 1.57. The maximum Gasteiger partial charge on any atom is 0.242 e. The van der Waals surface area contributed by atoms with Crippen LogP contribution in [0.3, 0.4) is 0 Å². The quantitative estimate of drug-likeness (QED) is 0.562. The van der Waals surface area contributed by atoms with E-state index < -0.39 is 0 Å². The van der Waals surface area contributed by atoms with Gasteiger partial charge in [0.25, 0.3) is 0 Å². The fourth-order valence-corrected chi connectivity index (χ4v) is 4.59. The van der Waals surface area contributed by atoms with Crippen molar-refractivity contribution < 1.29 is 4.79 Å². The van der Waals surface area contributed by atoms with Crippen molar-refractivity contribution in [3.8, 4) is 10.6 Å². The van der Waals surface area contributed by atoms with Crippen molar-refractivity contribution in [2.45, 2.75) is 46.6 Å². The van der Waals surface area contributed by atoms with Gasteiger partial charge >= 0.3 is 0 Å². The van der Waals surface area contributed by atoms with E-state index in [4.69, 9.17) is 4.98 Å². The molecule has 3 aromatic heterocycles. The van der Waals surface area contributed by atoms with Crippen LogP contribution in [0.4, 0.5) is 16.8 Å². The van der Waals surface area contributed by atoms with Crippen molar-refractivity contribution in [2.75, 3.05) is 23.3 Å². The minimum atomic E-state index is -0.162. The smallest absolute Gasteiger partial charge is 0.242 e. The monoisotopic (exact) mass is 450 g/mol. The van der Waals surface area contributed by atoms with Crippen LogP contribution in [0, 0.1) is 12.3 Å². The highest BCUT2D eigenvalue weighted by molar-refractivity contribution is 7.18. The van der Waals surface area contributed by atoms with Crippen LogP contribution < -0.4 is 15.5 Å². The Labute approximate surface area is 193 Å². The molecule has 3 aromatic rings. The van der Waals surface area contributed by atoms with Crippen LogP contribution in [0.15, 0.2) is 42.7 Å². The molecule has 0 aromatic carbocycles. The normalized spacial score (nSPS) is 16.2. The molecule has 0 unspecified atom stereocenters. The summed E-state index contributed by atoms with van der Waals surface area (Å²) in [5, 5.41) is 7.24. The third-order valence-corrected chi connectivity index (χ3v) is 6.32. The van der Waals surface area contributed by atoms with Gasteiger partial charge in [-0.15, -0.1) is 0 Å². The van der Waals surface area contributed by atoms with E-state index in [1.807, 2.05) is 43.5 Å². The maximum absolute atomic E-state index is 12.8. The molecule has 0 aliphatic carbocycles. The average molecular weight is 451 g/mol. The van der Waals surface area contributed by atoms with Gasteiger partial charge in [0, 0.05) is 25.5 Å². The van der Waals surface area contributed by atoms with Crippen LogP contribution in [0.1, 0.15) is 39.2 Å². The second-order valence-electron chi connectivity index (χ2n) is 9.39. The lowest BCUT2D eigenvalue weighted by Crippen LogP contribution is -2.45. The van der Waals surface area contributed by atoms with Crippen molar-refractivity contribution in [1.29, 1.82) is 0 Å². The molecule has 1 aliphatic rings. The third kappa shape index (κ3) is 5.43. The summed E-state index contributed by atoms with van der Waals surface area (Å²) in [5.41, 5.74) is 2.04. The summed E-state index contributed by atoms with van der Waals surface area (Å²) < 4.78 is 0. The topological polar surface area (TPSA) is 83.0 Å². The van der Waals surface area contributed by atoms with Gasteiger partial charge in [-0.2, -0.15) is 0 Å². The van der Waals surface area contributed by atoms with Crippen molar-refractivity contribution in [3.63, 3.8) is 0 Å². The first kappa shape index (κ1) is 22.2. The predicted molar refractivity (Wildman–Crippen MR) is 130 cm³/mol. The van der Waals surface area contributed by atoms with Gasteiger partial charge in [0.15, 0.2) is 5.13 Å². The fraction of sp³-hybridized carbons (Fsp3) is 0.417. The van der Waals surface area contributed by atoms with Crippen molar-refractivity contribution in [1.82, 2.24) is 20.3 Å². The number of amides is 1. The SMILES string of the molecule is Cc1ccnc(Nc2cccc(-c3cnc(N4CCC[C@H]4C(=O)NCC(C)(C)C)s3)n2)c1. The minimum Gasteiger partial charge on any atom is -0.354 e. The number of thiazole rings is 1. The zero-order valence-electron chi connectivity index (χ0n) is 19.1. The number of hydrogen-bond acceptors (Lipinski definition) is 7. The summed E-state index contributed by atoms with van der Waals surface area (Å²) in [7, 11) is 0. The van der Waals surface area contributed by atoms with Gasteiger partial charge < -0.3 is 15.5 Å². The van der Waals surface area contributed by atoms with Crippen LogP contribution >= 0.6 is 11.3 Å². The van der Waals surface area contributed by atoms with Gasteiger partial charge in [0.2, 0.25) is 5.91 Å². The highest BCUT2D eigenvalue weighted by Gasteiger charge is 2.33. The fourth-order valence-electron chi connectivity index (χ4n) is 3.63. The van der Waals surface area contributed by atoms with E-state index in [2.05, 4.69) is 46.3 Å². The Morgan fingerprint density at radius 2 is 2.06 bits per heavy atom. The molecular weight excluding hydrogens is 420 g/mol. The number of rotatable bonds is 6. The first-order valence-electron chi connectivity index (χ1n) is 11.0. The summed E-state index contributed by atoms with van der Waals surface area (Å²) in [4.78, 5) is 29.6. The molecule has 7 nitrogen and oxygen atoms in total. The molecule has 1 atom stereocenters. The predicted octanol–water partition coefficient (Wildman–Crippen LogP) is 4.78. The molecule has 8 heteroatoms. The lowest BCUT2D eigenvalue weighted by molar-refractivity contribution is -0.122. The number of carbonyl (C=O) groups is 1. The first-order chi connectivity index (χ1) is 15.3. The molecule has 4 rings (SSSR count). The third-order valence-electron chi connectivity index (χ3n) is 5.26. The second-order valence-corrected chi connectivity index (χ2v) is 10.4. The van der Waals surface area contributed by atoms with Gasteiger partial charge in [-0.05, 0) is 55.0 Å². The number of hydrogen-bond donors (Lipinski definition) is 2. The molecule has 4 heterocycles. The minimum absolute atomic E-state index is 0.0616. The number of anilines is 3. The molecule has 32 heavy (non-hydrogen) atoms. The molecule has 1 saturated heterocycles. The molecule has 0 saturated carbocycles. The number of carbonyl (C=O) groups excluding carboxylic acids is 1. The Balaban J connectivity index is 1.48. The van der Waals surface area contributed by atoms with Crippen LogP contribution in [0.5, 0.6) is 0 Å². The molecule has 1 aliphatic heterocycles. The van der Waals surface area contributed by atoms with E-state index in [9.17, 15) is 4.79 Å². The molecule has 2 N–H and O–H groups in total. The Hall–Kier alpha value is -3.00. The standard InChI is InChI=1S/C24H30N6OS/c1-16-10-11-25-21(13-16)29-20-9-5-7-17(28-20)19-14-26-23(32-19)30-12-6-8-18(30)22(31)27-15-24(2,3)4/h5,7,9-11,13-14,18H,6,8,12,15H2,1-4H3,(H,27,31)(H,25,28,29)/t18-/m0/s1. The van der Waals surface area contributed by atoms with E-state index >= 15 is 0 Å². The Morgan fingerprint density at radius 3 is 2.84 bits per heavy atom.